The van der Waals surface area contributed by atoms with Gasteiger partial charge in [-0.2, -0.15) is 9.59 Å². The van der Waals surface area contributed by atoms with E-state index in [0.717, 1.165) is 25.7 Å². The van der Waals surface area contributed by atoms with Crippen LogP contribution < -0.4 is 5.73 Å². The molecule has 2 saturated heterocycles. The number of sulfone groups is 2. The molecule has 0 aromatic carbocycles. The van der Waals surface area contributed by atoms with E-state index in [1.54, 1.807) is 0 Å². The monoisotopic (exact) mass is 820 g/mol. The Morgan fingerprint density at radius 2 is 1.13 bits per heavy atom. The molecular weight excluding hydrogens is 743 g/mol. The van der Waals surface area contributed by atoms with Crippen LogP contribution in [-0.2, 0) is 56.2 Å². The van der Waals surface area contributed by atoms with E-state index in [1.807, 2.05) is 41.5 Å². The number of nitrogens with two attached hydrogens (primary N) is 1. The van der Waals surface area contributed by atoms with Crippen molar-refractivity contribution in [2.45, 2.75) is 142 Å². The van der Waals surface area contributed by atoms with Gasteiger partial charge in [-0.05, 0) is 130 Å². The number of carboxylic acids is 1. The number of Topliss-reactive ketones (excluding diaryl/α,β-unsaturated/α-hetero) is 1. The number of ether oxygens (including phenoxy) is 2. The lowest BCUT2D eigenvalue weighted by Gasteiger charge is -2.26. The summed E-state index contributed by atoms with van der Waals surface area (Å²) < 4.78 is 86.7. The molecule has 2 fully saturated rings. The van der Waals surface area contributed by atoms with Crippen LogP contribution in [0, 0.1) is 11.8 Å². The minimum Gasteiger partial charge on any atom is -0.480 e. The van der Waals surface area contributed by atoms with Crippen LogP contribution in [0.1, 0.15) is 130 Å². The Bertz CT molecular complexity index is 1730. The van der Waals surface area contributed by atoms with Crippen LogP contribution in [0.3, 0.4) is 0 Å². The standard InChI is InChI=1S/C17H30N4O4S.C11H20O5S.C5H11N5.CH4.3H2/c1-16(2,3)21-19-15(18-20-21)12-14(22)17(4,5)26(23,24)11-8-13-6-9-25-10-7-13;1-11(2,10(12)13)17(14,15)8-5-9-3-6-16-7-4-9;1-5(2,3)10-8-4(6)7-9-10;;;;/h13H,6-12H2,1-5H3;9H,3-8H2,1-2H3,(H,12,13);1-3H3,(H2,6,8);1H4;3*1H/i;;;;3*1+1D. The van der Waals surface area contributed by atoms with Crippen LogP contribution in [-0.4, -0.2) is 122 Å². The molecule has 2 aromatic heterocycles. The first-order valence-electron chi connectivity index (χ1n) is 20.9. The number of ketones is 1. The largest absolute Gasteiger partial charge is 0.480 e. The first kappa shape index (κ1) is 43.6. The highest BCUT2D eigenvalue weighted by Gasteiger charge is 2.42. The second-order valence-corrected chi connectivity index (χ2v) is 21.8. The molecule has 0 spiro atoms. The molecule has 2 aromatic rings. The van der Waals surface area contributed by atoms with Gasteiger partial charge in [0.1, 0.15) is 4.75 Å². The molecule has 2 aliphatic heterocycles. The highest BCUT2D eigenvalue weighted by molar-refractivity contribution is 7.93. The van der Waals surface area contributed by atoms with Crippen molar-refractivity contribution in [3.8, 4) is 0 Å². The van der Waals surface area contributed by atoms with Crippen molar-refractivity contribution >= 4 is 37.4 Å². The van der Waals surface area contributed by atoms with E-state index in [1.165, 1.54) is 37.3 Å². The van der Waals surface area contributed by atoms with Gasteiger partial charge in [0.25, 0.3) is 5.95 Å². The zero-order chi connectivity index (χ0) is 46.5. The van der Waals surface area contributed by atoms with Gasteiger partial charge in [-0.1, -0.05) is 12.5 Å². The first-order valence-corrected chi connectivity index (χ1v) is 21.2. The van der Waals surface area contributed by atoms with Crippen molar-refractivity contribution < 1.29 is 49.9 Å². The molecule has 4 rings (SSSR count). The predicted molar refractivity (Wildman–Crippen MR) is 212 cm³/mol. The number of tetrazole rings is 2. The van der Waals surface area contributed by atoms with Crippen molar-refractivity contribution in [2.75, 3.05) is 43.7 Å². The highest BCUT2D eigenvalue weighted by atomic mass is 32.2. The third-order valence-corrected chi connectivity index (χ3v) is 14.5. The predicted octanol–water partition coefficient (Wildman–Crippen LogP) is 4.02. The summed E-state index contributed by atoms with van der Waals surface area (Å²) in [5.74, 6) is -0.592. The number of carbonyl (C=O) groups excluding carboxylic acids is 1. The molecule has 4 heterocycles. The Labute approximate surface area is 330 Å². The summed E-state index contributed by atoms with van der Waals surface area (Å²) in [5.41, 5.74) is 4.79. The molecule has 0 aliphatic carbocycles. The van der Waals surface area contributed by atoms with Crippen LogP contribution in [0.25, 0.3) is 0 Å². The molecule has 2 aliphatic rings. The number of anilines is 1. The van der Waals surface area contributed by atoms with Gasteiger partial charge in [0.2, 0.25) is 0 Å². The van der Waals surface area contributed by atoms with Crippen LogP contribution in [0.5, 0.6) is 0 Å². The summed E-state index contributed by atoms with van der Waals surface area (Å²) in [4.78, 5) is 26.5. The van der Waals surface area contributed by atoms with Gasteiger partial charge in [-0.3, -0.25) is 9.59 Å². The SMILES string of the molecule is C.CC(C)(C(=O)O)S(=O)(=O)CCC1CCOCC1.CC(C)(C)n1nnc(CC(=O)C(C)(C)S(=O)(=O)CCC2CCOCC2)n1.CC(C)(C)n1nnc(N)n1.[2H][2H].[2H][2H].[2H][2H]. The minimum atomic E-state index is -3.60. The first-order chi connectivity index (χ1) is 27.2. The second-order valence-electron chi connectivity index (χ2n) is 16.5. The minimum absolute atomic E-state index is 0. The average molecular weight is 820 g/mol. The smallest absolute Gasteiger partial charge is 0.324 e. The van der Waals surface area contributed by atoms with Gasteiger partial charge in [-0.25, -0.2) is 16.8 Å². The Hall–Kier alpha value is -3.10. The van der Waals surface area contributed by atoms with Gasteiger partial charge in [-0.15, -0.1) is 15.3 Å². The molecule has 0 saturated carbocycles. The quantitative estimate of drug-likeness (QED) is 0.307. The molecule has 20 heteroatoms. The van der Waals surface area contributed by atoms with E-state index in [0.29, 0.717) is 51.1 Å². The molecule has 0 unspecified atom stereocenters. The third kappa shape index (κ3) is 14.2. The molecule has 0 bridgehead atoms. The van der Waals surface area contributed by atoms with E-state index in [4.69, 9.17) is 29.2 Å². The van der Waals surface area contributed by atoms with E-state index in [9.17, 15) is 26.4 Å². The van der Waals surface area contributed by atoms with Crippen LogP contribution in [0.2, 0.25) is 0 Å². The van der Waals surface area contributed by atoms with Crippen LogP contribution in [0.4, 0.5) is 5.95 Å². The van der Waals surface area contributed by atoms with Crippen molar-refractivity contribution in [1.29, 1.82) is 0 Å². The second kappa shape index (κ2) is 19.7. The summed E-state index contributed by atoms with van der Waals surface area (Å²) in [6.07, 6.45) is 4.45. The van der Waals surface area contributed by atoms with Crippen LogP contribution in [0.15, 0.2) is 0 Å². The van der Waals surface area contributed by atoms with Crippen LogP contribution >= 0.6 is 0 Å². The Kier molecular flexibility index (Phi) is 15.9. The van der Waals surface area contributed by atoms with Gasteiger partial charge in [0, 0.05) is 35.3 Å². The number of aromatic nitrogens is 8. The maximum Gasteiger partial charge on any atom is 0.324 e. The average Bonchev–Trinajstić information content (AvgIpc) is 3.86. The van der Waals surface area contributed by atoms with Gasteiger partial charge in [0.15, 0.2) is 36.0 Å². The Balaban J connectivity index is -0.000000821. The zero-order valence-electron chi connectivity index (χ0n) is 39.0. The Morgan fingerprint density at radius 3 is 1.46 bits per heavy atom. The summed E-state index contributed by atoms with van der Waals surface area (Å²) in [7, 11) is -7.17. The van der Waals surface area contributed by atoms with Crippen molar-refractivity contribution in [3.05, 3.63) is 5.82 Å². The lowest BCUT2D eigenvalue weighted by molar-refractivity contribution is -0.139. The molecule has 0 atom stereocenters. The van der Waals surface area contributed by atoms with E-state index < -0.39 is 40.9 Å². The fourth-order valence-electron chi connectivity index (χ4n) is 4.99. The lowest BCUT2D eigenvalue weighted by Crippen LogP contribution is -2.43. The number of hydrogen-bond donors (Lipinski definition) is 2. The number of hydrogen-bond acceptors (Lipinski definition) is 15. The Morgan fingerprint density at radius 1 is 0.741 bits per heavy atom. The number of rotatable bonds is 12. The molecular formula is C34H71N9O9S2. The zero-order valence-corrected chi connectivity index (χ0v) is 34.7. The normalized spacial score (nSPS) is 17.1. The summed E-state index contributed by atoms with van der Waals surface area (Å²) in [5, 5.41) is 32.1. The molecule has 54 heavy (non-hydrogen) atoms. The maximum atomic E-state index is 12.8. The third-order valence-electron chi connectivity index (χ3n) is 9.42. The molecule has 18 nitrogen and oxygen atoms in total. The summed E-state index contributed by atoms with van der Waals surface area (Å²) >= 11 is 0. The van der Waals surface area contributed by atoms with E-state index in [2.05, 4.69) is 30.8 Å². The number of aliphatic carboxylic acids is 1. The number of nitrogens with zero attached hydrogens (tertiary/aromatic N) is 8. The van der Waals surface area contributed by atoms with E-state index >= 15 is 0 Å². The topological polar surface area (TPSA) is 254 Å². The maximum absolute atomic E-state index is 12.8. The van der Waals surface area contributed by atoms with Gasteiger partial charge < -0.3 is 20.3 Å². The van der Waals surface area contributed by atoms with Crippen molar-refractivity contribution in [2.24, 2.45) is 11.8 Å². The number of nitrogen functional groups attached to an aromatic ring is 1. The highest BCUT2D eigenvalue weighted by Crippen LogP contribution is 2.26. The molecule has 0 amide bonds. The fraction of sp³-hybridized carbons (Fsp3) is 0.882. The van der Waals surface area contributed by atoms with Gasteiger partial charge >= 0.3 is 5.97 Å². The number of carbonyl (C=O) groups is 2. The van der Waals surface area contributed by atoms with E-state index in [-0.39, 0.29) is 48.2 Å². The summed E-state index contributed by atoms with van der Waals surface area (Å²) in [6, 6.07) is 0. The van der Waals surface area contributed by atoms with Crippen molar-refractivity contribution in [3.63, 3.8) is 0 Å². The lowest BCUT2D eigenvalue weighted by atomic mass is 9.98. The number of carboxylic acid groups (broad SMARTS) is 1. The van der Waals surface area contributed by atoms with Gasteiger partial charge in [0.05, 0.1) is 29.0 Å². The summed E-state index contributed by atoms with van der Waals surface area (Å²) in [6.45, 7) is 19.9. The molecule has 0 radical (unpaired) electrons. The molecule has 318 valence electrons. The fourth-order valence-corrected chi connectivity index (χ4v) is 7.99. The van der Waals surface area contributed by atoms with Crippen molar-refractivity contribution in [1.82, 2.24) is 40.4 Å². The molecule has 3 N–H and O–H groups in total.